The molecule has 1 N–H and O–H groups in total. The number of nitrogens with zero attached hydrogens (tertiary/aromatic N) is 3. The SMILES string of the molecule is COc1ccc(OC)c2c1CN(Cc1nc(C)no1)C[C@@H]2O. The summed E-state index contributed by atoms with van der Waals surface area (Å²) in [5.74, 6) is 2.56. The highest BCUT2D eigenvalue weighted by Gasteiger charge is 2.30. The first kappa shape index (κ1) is 14.8. The van der Waals surface area contributed by atoms with Crippen LogP contribution in [-0.2, 0) is 13.1 Å². The van der Waals surface area contributed by atoms with Gasteiger partial charge in [-0.05, 0) is 19.1 Å². The molecule has 0 radical (unpaired) electrons. The smallest absolute Gasteiger partial charge is 0.240 e. The van der Waals surface area contributed by atoms with Crippen molar-refractivity contribution in [3.05, 3.63) is 35.0 Å². The molecule has 3 rings (SSSR count). The van der Waals surface area contributed by atoms with Crippen molar-refractivity contribution in [2.45, 2.75) is 26.1 Å². The van der Waals surface area contributed by atoms with Crippen LogP contribution in [0.25, 0.3) is 0 Å². The number of aliphatic hydroxyl groups excluding tert-OH is 1. The maximum absolute atomic E-state index is 10.5. The Morgan fingerprint density at radius 3 is 2.68 bits per heavy atom. The van der Waals surface area contributed by atoms with Crippen LogP contribution >= 0.6 is 0 Å². The Morgan fingerprint density at radius 1 is 1.32 bits per heavy atom. The van der Waals surface area contributed by atoms with Gasteiger partial charge in [-0.25, -0.2) is 0 Å². The molecule has 0 saturated heterocycles. The van der Waals surface area contributed by atoms with Crippen molar-refractivity contribution in [2.24, 2.45) is 0 Å². The monoisotopic (exact) mass is 305 g/mol. The third-order valence-corrected chi connectivity index (χ3v) is 3.79. The van der Waals surface area contributed by atoms with Gasteiger partial charge in [-0.15, -0.1) is 0 Å². The van der Waals surface area contributed by atoms with Crippen LogP contribution in [0.4, 0.5) is 0 Å². The number of aryl methyl sites for hydroxylation is 1. The van der Waals surface area contributed by atoms with Crippen LogP contribution in [0.1, 0.15) is 28.9 Å². The largest absolute Gasteiger partial charge is 0.496 e. The highest BCUT2D eigenvalue weighted by molar-refractivity contribution is 5.51. The summed E-state index contributed by atoms with van der Waals surface area (Å²) in [6.45, 7) is 3.35. The lowest BCUT2D eigenvalue weighted by molar-refractivity contribution is 0.0779. The standard InChI is InChI=1S/C15H19N3O4/c1-9-16-14(22-17-9)8-18-6-10-12(20-2)4-5-13(21-3)15(10)11(19)7-18/h4-5,11,19H,6-8H2,1-3H3/t11-/m0/s1. The van der Waals surface area contributed by atoms with E-state index in [1.807, 2.05) is 17.0 Å². The maximum Gasteiger partial charge on any atom is 0.240 e. The maximum atomic E-state index is 10.5. The summed E-state index contributed by atoms with van der Waals surface area (Å²) < 4.78 is 15.9. The number of hydrogen-bond acceptors (Lipinski definition) is 7. The fourth-order valence-electron chi connectivity index (χ4n) is 2.86. The Balaban J connectivity index is 1.90. The highest BCUT2D eigenvalue weighted by atomic mass is 16.5. The van der Waals surface area contributed by atoms with Crippen LogP contribution in [0, 0.1) is 6.92 Å². The topological polar surface area (TPSA) is 80.9 Å². The zero-order valence-corrected chi connectivity index (χ0v) is 12.9. The van der Waals surface area contributed by atoms with Crippen molar-refractivity contribution in [1.29, 1.82) is 0 Å². The number of methoxy groups -OCH3 is 2. The molecule has 1 aliphatic rings. The Labute approximate surface area is 128 Å². The quantitative estimate of drug-likeness (QED) is 0.915. The van der Waals surface area contributed by atoms with E-state index < -0.39 is 6.10 Å². The van der Waals surface area contributed by atoms with E-state index in [-0.39, 0.29) is 0 Å². The second-order valence-corrected chi connectivity index (χ2v) is 5.28. The number of aromatic nitrogens is 2. The molecule has 0 saturated carbocycles. The minimum atomic E-state index is -0.655. The van der Waals surface area contributed by atoms with Crippen molar-refractivity contribution in [3.8, 4) is 11.5 Å². The first-order valence-electron chi connectivity index (χ1n) is 7.05. The zero-order valence-electron chi connectivity index (χ0n) is 12.9. The summed E-state index contributed by atoms with van der Waals surface area (Å²) in [4.78, 5) is 6.25. The van der Waals surface area contributed by atoms with E-state index in [4.69, 9.17) is 14.0 Å². The van der Waals surface area contributed by atoms with Crippen LogP contribution in [0.3, 0.4) is 0 Å². The van der Waals surface area contributed by atoms with E-state index in [0.717, 1.165) is 16.9 Å². The van der Waals surface area contributed by atoms with Crippen molar-refractivity contribution in [1.82, 2.24) is 15.0 Å². The Kier molecular flexibility index (Phi) is 4.00. The Morgan fingerprint density at radius 2 is 2.05 bits per heavy atom. The predicted octanol–water partition coefficient (Wildman–Crippen LogP) is 1.44. The van der Waals surface area contributed by atoms with Gasteiger partial charge in [0.05, 0.1) is 26.9 Å². The molecule has 1 atom stereocenters. The van der Waals surface area contributed by atoms with Gasteiger partial charge in [-0.3, -0.25) is 4.90 Å². The second-order valence-electron chi connectivity index (χ2n) is 5.28. The highest BCUT2D eigenvalue weighted by Crippen LogP contribution is 2.39. The fourth-order valence-corrected chi connectivity index (χ4v) is 2.86. The van der Waals surface area contributed by atoms with E-state index in [9.17, 15) is 5.11 Å². The number of aliphatic hydroxyl groups is 1. The molecule has 22 heavy (non-hydrogen) atoms. The molecule has 0 unspecified atom stereocenters. The second kappa shape index (κ2) is 5.94. The number of ether oxygens (including phenoxy) is 2. The van der Waals surface area contributed by atoms with E-state index in [0.29, 0.717) is 37.1 Å². The summed E-state index contributed by atoms with van der Waals surface area (Å²) in [6.07, 6.45) is -0.655. The van der Waals surface area contributed by atoms with Crippen molar-refractivity contribution in [2.75, 3.05) is 20.8 Å². The van der Waals surface area contributed by atoms with E-state index in [2.05, 4.69) is 10.1 Å². The zero-order chi connectivity index (χ0) is 15.7. The molecule has 2 aromatic rings. The van der Waals surface area contributed by atoms with Crippen LogP contribution in [-0.4, -0.2) is 40.9 Å². The van der Waals surface area contributed by atoms with Crippen LogP contribution < -0.4 is 9.47 Å². The number of fused-ring (bicyclic) bond motifs is 1. The molecule has 0 amide bonds. The van der Waals surface area contributed by atoms with Gasteiger partial charge in [0, 0.05) is 24.2 Å². The first-order chi connectivity index (χ1) is 10.6. The molecule has 0 bridgehead atoms. The fraction of sp³-hybridized carbons (Fsp3) is 0.467. The summed E-state index contributed by atoms with van der Waals surface area (Å²) >= 11 is 0. The van der Waals surface area contributed by atoms with Crippen molar-refractivity contribution in [3.63, 3.8) is 0 Å². The summed E-state index contributed by atoms with van der Waals surface area (Å²) in [7, 11) is 3.22. The third kappa shape index (κ3) is 2.65. The van der Waals surface area contributed by atoms with Crippen LogP contribution in [0.2, 0.25) is 0 Å². The molecule has 118 valence electrons. The van der Waals surface area contributed by atoms with Gasteiger partial charge in [-0.2, -0.15) is 4.98 Å². The number of β-amino-alcohol motifs (C(OH)–C–C–N with tert-alkyl or cyclic N) is 1. The molecule has 2 heterocycles. The van der Waals surface area contributed by atoms with Gasteiger partial charge in [0.2, 0.25) is 5.89 Å². The summed E-state index contributed by atoms with van der Waals surface area (Å²) in [6, 6.07) is 3.67. The molecule has 7 heteroatoms. The number of rotatable bonds is 4. The minimum absolute atomic E-state index is 0.470. The molecule has 7 nitrogen and oxygen atoms in total. The average Bonchev–Trinajstić information content (AvgIpc) is 2.91. The van der Waals surface area contributed by atoms with Crippen molar-refractivity contribution < 1.29 is 19.1 Å². The van der Waals surface area contributed by atoms with Gasteiger partial charge in [0.25, 0.3) is 0 Å². The molecule has 1 aromatic heterocycles. The van der Waals surface area contributed by atoms with Gasteiger partial charge < -0.3 is 19.1 Å². The molecular weight excluding hydrogens is 286 g/mol. The Bertz CT molecular complexity index is 671. The van der Waals surface area contributed by atoms with Crippen LogP contribution in [0.5, 0.6) is 11.5 Å². The Hall–Kier alpha value is -2.12. The van der Waals surface area contributed by atoms with Crippen molar-refractivity contribution >= 4 is 0 Å². The lowest BCUT2D eigenvalue weighted by atomic mass is 9.95. The molecule has 0 spiro atoms. The van der Waals surface area contributed by atoms with Gasteiger partial charge >= 0.3 is 0 Å². The summed E-state index contributed by atoms with van der Waals surface area (Å²) in [5, 5.41) is 14.3. The normalized spacial score (nSPS) is 18.1. The lowest BCUT2D eigenvalue weighted by Gasteiger charge is -2.33. The third-order valence-electron chi connectivity index (χ3n) is 3.79. The number of benzene rings is 1. The lowest BCUT2D eigenvalue weighted by Crippen LogP contribution is -2.33. The average molecular weight is 305 g/mol. The minimum Gasteiger partial charge on any atom is -0.496 e. The predicted molar refractivity (Wildman–Crippen MR) is 77.7 cm³/mol. The van der Waals surface area contributed by atoms with Gasteiger partial charge in [0.1, 0.15) is 11.5 Å². The van der Waals surface area contributed by atoms with Gasteiger partial charge in [-0.1, -0.05) is 5.16 Å². The molecule has 1 aliphatic heterocycles. The van der Waals surface area contributed by atoms with Crippen LogP contribution in [0.15, 0.2) is 16.7 Å². The van der Waals surface area contributed by atoms with E-state index in [1.165, 1.54) is 0 Å². The molecule has 1 aromatic carbocycles. The van der Waals surface area contributed by atoms with E-state index in [1.54, 1.807) is 21.1 Å². The van der Waals surface area contributed by atoms with Gasteiger partial charge in [0.15, 0.2) is 5.82 Å². The molecule has 0 aliphatic carbocycles. The number of hydrogen-bond donors (Lipinski definition) is 1. The first-order valence-corrected chi connectivity index (χ1v) is 7.05. The van der Waals surface area contributed by atoms with E-state index >= 15 is 0 Å². The molecular formula is C15H19N3O4. The molecule has 0 fully saturated rings. The summed E-state index contributed by atoms with van der Waals surface area (Å²) in [5.41, 5.74) is 1.72.